The van der Waals surface area contributed by atoms with Gasteiger partial charge in [-0.2, -0.15) is 0 Å². The minimum atomic E-state index is -0.261. The van der Waals surface area contributed by atoms with Crippen LogP contribution >= 0.6 is 11.3 Å². The van der Waals surface area contributed by atoms with E-state index >= 15 is 0 Å². The zero-order valence-electron chi connectivity index (χ0n) is 16.7. The van der Waals surface area contributed by atoms with Gasteiger partial charge in [-0.1, -0.05) is 0 Å². The molecule has 0 aliphatic carbocycles. The van der Waals surface area contributed by atoms with Crippen LogP contribution in [0.5, 0.6) is 5.75 Å². The third-order valence-corrected chi connectivity index (χ3v) is 5.49. The predicted molar refractivity (Wildman–Crippen MR) is 112 cm³/mol. The largest absolute Gasteiger partial charge is 0.497 e. The van der Waals surface area contributed by atoms with Gasteiger partial charge in [-0.15, -0.1) is 11.3 Å². The van der Waals surface area contributed by atoms with Gasteiger partial charge < -0.3 is 19.7 Å². The summed E-state index contributed by atoms with van der Waals surface area (Å²) in [4.78, 5) is 33.6. The first-order valence-electron chi connectivity index (χ1n) is 9.50. The number of hydrogen-bond donors (Lipinski definition) is 1. The normalized spacial score (nSPS) is 14.4. The lowest BCUT2D eigenvalue weighted by molar-refractivity contribution is -0.117. The first-order chi connectivity index (χ1) is 14.0. The predicted octanol–water partition coefficient (Wildman–Crippen LogP) is 1.87. The molecule has 0 saturated carbocycles. The lowest BCUT2D eigenvalue weighted by Crippen LogP contribution is -2.45. The molecule has 0 bridgehead atoms. The Hall–Kier alpha value is -2.49. The van der Waals surface area contributed by atoms with Crippen molar-refractivity contribution in [3.8, 4) is 5.75 Å². The fourth-order valence-electron chi connectivity index (χ4n) is 3.00. The number of aryl methyl sites for hydroxylation is 1. The molecule has 156 valence electrons. The first-order valence-corrected chi connectivity index (χ1v) is 10.4. The molecule has 1 saturated heterocycles. The molecule has 0 radical (unpaired) electrons. The van der Waals surface area contributed by atoms with Crippen LogP contribution in [0.15, 0.2) is 29.6 Å². The second kappa shape index (κ2) is 10.3. The van der Waals surface area contributed by atoms with Crippen molar-refractivity contribution in [2.45, 2.75) is 6.92 Å². The Labute approximate surface area is 174 Å². The quantitative estimate of drug-likeness (QED) is 0.705. The van der Waals surface area contributed by atoms with Gasteiger partial charge >= 0.3 is 0 Å². The summed E-state index contributed by atoms with van der Waals surface area (Å²) >= 11 is 1.37. The van der Waals surface area contributed by atoms with E-state index in [0.29, 0.717) is 42.7 Å². The minimum absolute atomic E-state index is 0.0339. The zero-order valence-corrected chi connectivity index (χ0v) is 17.5. The Morgan fingerprint density at radius 1 is 1.28 bits per heavy atom. The number of anilines is 1. The van der Waals surface area contributed by atoms with Gasteiger partial charge in [0, 0.05) is 37.1 Å². The van der Waals surface area contributed by atoms with E-state index < -0.39 is 0 Å². The van der Waals surface area contributed by atoms with E-state index in [9.17, 15) is 9.59 Å². The standard InChI is InChI=1S/C20H26N4O4S/c1-15-14-29-20(21-15)22-18(25)13-24(8-7-23-9-11-28-12-10-23)19(26)16-3-5-17(27-2)6-4-16/h3-6,14H,7-13H2,1-2H3,(H,21,22,25). The van der Waals surface area contributed by atoms with Gasteiger partial charge in [-0.05, 0) is 31.2 Å². The van der Waals surface area contributed by atoms with Crippen molar-refractivity contribution in [2.75, 3.05) is 58.4 Å². The smallest absolute Gasteiger partial charge is 0.254 e. The number of ether oxygens (including phenoxy) is 2. The number of hydrogen-bond acceptors (Lipinski definition) is 7. The van der Waals surface area contributed by atoms with Crippen LogP contribution in [0.2, 0.25) is 0 Å². The molecule has 0 atom stereocenters. The summed E-state index contributed by atoms with van der Waals surface area (Å²) < 4.78 is 10.5. The number of aromatic nitrogens is 1. The number of methoxy groups -OCH3 is 1. The van der Waals surface area contributed by atoms with Crippen LogP contribution in [0.3, 0.4) is 0 Å². The number of thiazole rings is 1. The van der Waals surface area contributed by atoms with Crippen LogP contribution in [-0.4, -0.2) is 79.6 Å². The fraction of sp³-hybridized carbons (Fsp3) is 0.450. The highest BCUT2D eigenvalue weighted by Gasteiger charge is 2.21. The van der Waals surface area contributed by atoms with E-state index in [1.54, 1.807) is 36.3 Å². The number of carbonyl (C=O) groups is 2. The number of rotatable bonds is 8. The van der Waals surface area contributed by atoms with Gasteiger partial charge in [0.2, 0.25) is 5.91 Å². The molecule has 1 aromatic carbocycles. The van der Waals surface area contributed by atoms with E-state index in [1.807, 2.05) is 12.3 Å². The summed E-state index contributed by atoms with van der Waals surface area (Å²) in [6, 6.07) is 6.91. The topological polar surface area (TPSA) is 84.0 Å². The van der Waals surface area contributed by atoms with Crippen molar-refractivity contribution in [3.05, 3.63) is 40.9 Å². The number of nitrogens with one attached hydrogen (secondary N) is 1. The highest BCUT2D eigenvalue weighted by molar-refractivity contribution is 7.13. The average molecular weight is 419 g/mol. The van der Waals surface area contributed by atoms with Crippen LogP contribution in [0, 0.1) is 6.92 Å². The Balaban J connectivity index is 1.66. The Bertz CT molecular complexity index is 818. The van der Waals surface area contributed by atoms with Gasteiger partial charge in [-0.25, -0.2) is 4.98 Å². The summed E-state index contributed by atoms with van der Waals surface area (Å²) in [5.74, 6) is 0.230. The van der Waals surface area contributed by atoms with Crippen LogP contribution in [0.4, 0.5) is 5.13 Å². The summed E-state index contributed by atoms with van der Waals surface area (Å²) in [5, 5.41) is 5.19. The first kappa shape index (κ1) is 21.2. The molecule has 1 aromatic heterocycles. The highest BCUT2D eigenvalue weighted by atomic mass is 32.1. The summed E-state index contributed by atoms with van der Waals surface area (Å²) in [7, 11) is 1.58. The molecule has 1 fully saturated rings. The van der Waals surface area contributed by atoms with Gasteiger partial charge in [0.15, 0.2) is 5.13 Å². The Morgan fingerprint density at radius 3 is 2.62 bits per heavy atom. The number of nitrogens with zero attached hydrogens (tertiary/aromatic N) is 3. The van der Waals surface area contributed by atoms with E-state index in [0.717, 1.165) is 18.8 Å². The van der Waals surface area contributed by atoms with Crippen molar-refractivity contribution in [3.63, 3.8) is 0 Å². The van der Waals surface area contributed by atoms with Crippen LogP contribution in [0.1, 0.15) is 16.1 Å². The number of amides is 2. The van der Waals surface area contributed by atoms with Gasteiger partial charge in [0.05, 0.1) is 26.0 Å². The zero-order chi connectivity index (χ0) is 20.6. The van der Waals surface area contributed by atoms with E-state index in [2.05, 4.69) is 15.2 Å². The lowest BCUT2D eigenvalue weighted by Gasteiger charge is -2.30. The minimum Gasteiger partial charge on any atom is -0.497 e. The second-order valence-corrected chi connectivity index (χ2v) is 7.61. The Morgan fingerprint density at radius 2 is 2.00 bits per heavy atom. The third kappa shape index (κ3) is 6.25. The van der Waals surface area contributed by atoms with Crippen molar-refractivity contribution < 1.29 is 19.1 Å². The molecule has 2 heterocycles. The molecule has 3 rings (SSSR count). The molecular weight excluding hydrogens is 392 g/mol. The average Bonchev–Trinajstić information content (AvgIpc) is 3.15. The summed E-state index contributed by atoms with van der Waals surface area (Å²) in [6.07, 6.45) is 0. The highest BCUT2D eigenvalue weighted by Crippen LogP contribution is 2.16. The summed E-state index contributed by atoms with van der Waals surface area (Å²) in [6.45, 7) is 6.02. The summed E-state index contributed by atoms with van der Waals surface area (Å²) in [5.41, 5.74) is 1.37. The molecular formula is C20H26N4O4S. The van der Waals surface area contributed by atoms with Gasteiger partial charge in [0.1, 0.15) is 12.3 Å². The Kier molecular flexibility index (Phi) is 7.56. The van der Waals surface area contributed by atoms with E-state index in [4.69, 9.17) is 9.47 Å². The molecule has 0 unspecified atom stereocenters. The van der Waals surface area contributed by atoms with Crippen molar-refractivity contribution in [1.29, 1.82) is 0 Å². The molecule has 8 nitrogen and oxygen atoms in total. The molecule has 29 heavy (non-hydrogen) atoms. The van der Waals surface area contributed by atoms with Gasteiger partial charge in [0.25, 0.3) is 5.91 Å². The monoisotopic (exact) mass is 418 g/mol. The maximum Gasteiger partial charge on any atom is 0.254 e. The number of carbonyl (C=O) groups excluding carboxylic acids is 2. The van der Waals surface area contributed by atoms with Crippen LogP contribution in [0.25, 0.3) is 0 Å². The second-order valence-electron chi connectivity index (χ2n) is 6.75. The third-order valence-electron chi connectivity index (χ3n) is 4.61. The maximum atomic E-state index is 13.1. The van der Waals surface area contributed by atoms with Crippen LogP contribution in [-0.2, 0) is 9.53 Å². The number of benzene rings is 1. The molecule has 9 heteroatoms. The van der Waals surface area contributed by atoms with Crippen molar-refractivity contribution >= 4 is 28.3 Å². The van der Waals surface area contributed by atoms with Crippen LogP contribution < -0.4 is 10.1 Å². The van der Waals surface area contributed by atoms with Crippen molar-refractivity contribution in [2.24, 2.45) is 0 Å². The van der Waals surface area contributed by atoms with Gasteiger partial charge in [-0.3, -0.25) is 14.5 Å². The van der Waals surface area contributed by atoms with E-state index in [-0.39, 0.29) is 18.4 Å². The molecule has 1 aliphatic rings. The molecule has 2 amide bonds. The SMILES string of the molecule is COc1ccc(C(=O)N(CCN2CCOCC2)CC(=O)Nc2nc(C)cs2)cc1. The molecule has 2 aromatic rings. The maximum absolute atomic E-state index is 13.1. The molecule has 1 aliphatic heterocycles. The van der Waals surface area contributed by atoms with Crippen molar-refractivity contribution in [1.82, 2.24) is 14.8 Å². The van der Waals surface area contributed by atoms with E-state index in [1.165, 1.54) is 11.3 Å². The fourth-order valence-corrected chi connectivity index (χ4v) is 3.70. The molecule has 1 N–H and O–H groups in total. The lowest BCUT2D eigenvalue weighted by atomic mass is 10.2. The molecule has 0 spiro atoms. The number of morpholine rings is 1.